The quantitative estimate of drug-likeness (QED) is 0.200. The van der Waals surface area contributed by atoms with Gasteiger partial charge in [0, 0.05) is 29.6 Å². The smallest absolute Gasteiger partial charge is 0.322 e. The first-order valence-corrected chi connectivity index (χ1v) is 14.7. The molecule has 3 aromatic carbocycles. The molecule has 3 amide bonds. The number of amides is 3. The number of carbonyl (C=O) groups excluding carboxylic acids is 2. The van der Waals surface area contributed by atoms with E-state index in [0.717, 1.165) is 17.1 Å². The molecule has 40 heavy (non-hydrogen) atoms. The molecule has 6 nitrogen and oxygen atoms in total. The first kappa shape index (κ1) is 29.0. The molecule has 0 aliphatic heterocycles. The first-order valence-electron chi connectivity index (χ1n) is 13.8. The van der Waals surface area contributed by atoms with Crippen LogP contribution in [0.2, 0.25) is 0 Å². The van der Waals surface area contributed by atoms with E-state index < -0.39 is 0 Å². The lowest BCUT2D eigenvalue weighted by Crippen LogP contribution is -2.39. The lowest BCUT2D eigenvalue weighted by Gasteiger charge is -2.26. The Balaban J connectivity index is 1.34. The maximum absolute atomic E-state index is 13.1. The Morgan fingerprint density at radius 3 is 1.98 bits per heavy atom. The fourth-order valence-corrected chi connectivity index (χ4v) is 5.36. The number of hydrogen-bond donors (Lipinski definition) is 2. The molecule has 1 heterocycles. The molecule has 0 radical (unpaired) electrons. The molecule has 0 bridgehead atoms. The third kappa shape index (κ3) is 7.79. The number of aromatic nitrogens is 1. The highest BCUT2D eigenvalue weighted by Gasteiger charge is 2.21. The summed E-state index contributed by atoms with van der Waals surface area (Å²) in [7, 11) is 0. The second-order valence-corrected chi connectivity index (χ2v) is 11.4. The van der Waals surface area contributed by atoms with Crippen LogP contribution in [0.25, 0.3) is 0 Å². The van der Waals surface area contributed by atoms with Crippen molar-refractivity contribution in [2.45, 2.75) is 58.5 Å². The number of benzene rings is 3. The number of urea groups is 1. The molecule has 0 aliphatic carbocycles. The second kappa shape index (κ2) is 13.9. The molecule has 0 unspecified atom stereocenters. The molecule has 0 spiro atoms. The van der Waals surface area contributed by atoms with Crippen LogP contribution in [0.5, 0.6) is 0 Å². The number of carbonyl (C=O) groups is 2. The van der Waals surface area contributed by atoms with Gasteiger partial charge in [0.1, 0.15) is 10.7 Å². The summed E-state index contributed by atoms with van der Waals surface area (Å²) in [6, 6.07) is 28.4. The van der Waals surface area contributed by atoms with Crippen LogP contribution in [0, 0.1) is 0 Å². The zero-order chi connectivity index (χ0) is 28.5. The molecular formula is C33H38N4O2S. The van der Waals surface area contributed by atoms with Crippen LogP contribution in [0.4, 0.5) is 10.5 Å². The van der Waals surface area contributed by atoms with Gasteiger partial charge < -0.3 is 15.5 Å². The summed E-state index contributed by atoms with van der Waals surface area (Å²) in [6.07, 6.45) is 0.774. The molecule has 0 atom stereocenters. The average molecular weight is 555 g/mol. The summed E-state index contributed by atoms with van der Waals surface area (Å²) in [5.41, 5.74) is 4.81. The number of rotatable bonds is 11. The molecular weight excluding hydrogens is 516 g/mol. The molecule has 0 saturated heterocycles. The molecule has 4 aromatic rings. The number of hydrogen-bond acceptors (Lipinski definition) is 4. The minimum Gasteiger partial charge on any atom is -0.351 e. The van der Waals surface area contributed by atoms with Crippen LogP contribution >= 0.6 is 11.3 Å². The lowest BCUT2D eigenvalue weighted by molar-refractivity contribution is 0.0948. The number of anilines is 1. The molecule has 1 aromatic heterocycles. The van der Waals surface area contributed by atoms with Crippen LogP contribution < -0.4 is 10.6 Å². The van der Waals surface area contributed by atoms with E-state index in [9.17, 15) is 9.59 Å². The summed E-state index contributed by atoms with van der Waals surface area (Å²) >= 11 is 1.39. The van der Waals surface area contributed by atoms with Gasteiger partial charge in [-0.15, -0.1) is 11.3 Å². The van der Waals surface area contributed by atoms with Gasteiger partial charge in [0.25, 0.3) is 5.91 Å². The van der Waals surface area contributed by atoms with Crippen LogP contribution in [0.3, 0.4) is 0 Å². The molecule has 4 rings (SSSR count). The predicted molar refractivity (Wildman–Crippen MR) is 164 cm³/mol. The van der Waals surface area contributed by atoms with E-state index in [4.69, 9.17) is 0 Å². The summed E-state index contributed by atoms with van der Waals surface area (Å²) in [5, 5.41) is 8.51. The second-order valence-electron chi connectivity index (χ2n) is 10.5. The Morgan fingerprint density at radius 2 is 1.43 bits per heavy atom. The fourth-order valence-electron chi connectivity index (χ4n) is 4.59. The third-order valence-corrected chi connectivity index (χ3v) is 7.76. The van der Waals surface area contributed by atoms with Crippen molar-refractivity contribution in [3.63, 3.8) is 0 Å². The van der Waals surface area contributed by atoms with Crippen LogP contribution in [-0.2, 0) is 6.54 Å². The third-order valence-electron chi connectivity index (χ3n) is 6.93. The summed E-state index contributed by atoms with van der Waals surface area (Å²) in [6.45, 7) is 9.08. The maximum atomic E-state index is 13.1. The van der Waals surface area contributed by atoms with Crippen molar-refractivity contribution in [3.8, 4) is 0 Å². The van der Waals surface area contributed by atoms with E-state index in [-0.39, 0.29) is 23.9 Å². The Hall–Kier alpha value is -3.97. The van der Waals surface area contributed by atoms with E-state index >= 15 is 0 Å². The SMILES string of the molecule is CC(C)c1ccc(NC(=O)N(Cc2nc(C(=O)NCCC(c3ccccc3)c3ccccc3)cs2)C(C)C)cc1. The van der Waals surface area contributed by atoms with Gasteiger partial charge in [-0.25, -0.2) is 9.78 Å². The average Bonchev–Trinajstić information content (AvgIpc) is 3.44. The van der Waals surface area contributed by atoms with Gasteiger partial charge >= 0.3 is 6.03 Å². The summed E-state index contributed by atoms with van der Waals surface area (Å²) in [5.74, 6) is 0.420. The van der Waals surface area contributed by atoms with Crippen LogP contribution in [-0.4, -0.2) is 34.4 Å². The zero-order valence-electron chi connectivity index (χ0n) is 23.6. The van der Waals surface area contributed by atoms with Crippen LogP contribution in [0.1, 0.15) is 78.1 Å². The topological polar surface area (TPSA) is 74.3 Å². The van der Waals surface area contributed by atoms with E-state index in [2.05, 4.69) is 53.7 Å². The van der Waals surface area contributed by atoms with Gasteiger partial charge in [0.05, 0.1) is 6.54 Å². The standard InChI is InChI=1S/C33H38N4O2S/c1-23(2)25-15-17-28(18-16-25)35-33(39)37(24(3)4)21-31-36-30(22-40-31)32(38)34-20-19-29(26-11-7-5-8-12-26)27-13-9-6-10-14-27/h5-18,22-24,29H,19-21H2,1-4H3,(H,34,38)(H,35,39). The predicted octanol–water partition coefficient (Wildman–Crippen LogP) is 7.66. The Kier molecular flexibility index (Phi) is 10.1. The van der Waals surface area contributed by atoms with Gasteiger partial charge in [0.15, 0.2) is 0 Å². The van der Waals surface area contributed by atoms with E-state index in [1.807, 2.05) is 74.5 Å². The fraction of sp³-hybridized carbons (Fsp3) is 0.303. The van der Waals surface area contributed by atoms with Gasteiger partial charge in [-0.3, -0.25) is 4.79 Å². The lowest BCUT2D eigenvalue weighted by atomic mass is 9.88. The van der Waals surface area contributed by atoms with Gasteiger partial charge in [0.2, 0.25) is 0 Å². The van der Waals surface area contributed by atoms with Crippen molar-refractivity contribution in [2.24, 2.45) is 0 Å². The van der Waals surface area contributed by atoms with Crippen molar-refractivity contribution < 1.29 is 9.59 Å². The molecule has 7 heteroatoms. The number of thiazole rings is 1. The van der Waals surface area contributed by atoms with Crippen molar-refractivity contribution in [2.75, 3.05) is 11.9 Å². The zero-order valence-corrected chi connectivity index (χ0v) is 24.4. The van der Waals surface area contributed by atoms with Gasteiger partial charge in [-0.05, 0) is 55.0 Å². The van der Waals surface area contributed by atoms with E-state index in [1.165, 1.54) is 28.0 Å². The van der Waals surface area contributed by atoms with Crippen molar-refractivity contribution in [3.05, 3.63) is 118 Å². The number of nitrogens with one attached hydrogen (secondary N) is 2. The largest absolute Gasteiger partial charge is 0.351 e. The summed E-state index contributed by atoms with van der Waals surface area (Å²) < 4.78 is 0. The van der Waals surface area contributed by atoms with Crippen molar-refractivity contribution in [1.82, 2.24) is 15.2 Å². The Bertz CT molecular complexity index is 1330. The monoisotopic (exact) mass is 554 g/mol. The first-order chi connectivity index (χ1) is 19.3. The minimum absolute atomic E-state index is 0.0379. The highest BCUT2D eigenvalue weighted by Crippen LogP contribution is 2.27. The van der Waals surface area contributed by atoms with Gasteiger partial charge in [-0.2, -0.15) is 0 Å². The molecule has 0 aliphatic rings. The van der Waals surface area contributed by atoms with Gasteiger partial charge in [-0.1, -0.05) is 86.6 Å². The Morgan fingerprint density at radius 1 is 0.825 bits per heavy atom. The minimum atomic E-state index is -0.201. The highest BCUT2D eigenvalue weighted by atomic mass is 32.1. The van der Waals surface area contributed by atoms with E-state index in [0.29, 0.717) is 24.7 Å². The highest BCUT2D eigenvalue weighted by molar-refractivity contribution is 7.09. The van der Waals surface area contributed by atoms with Crippen molar-refractivity contribution >= 4 is 29.0 Å². The van der Waals surface area contributed by atoms with Crippen LogP contribution in [0.15, 0.2) is 90.3 Å². The Labute approximate surface area is 241 Å². The summed E-state index contributed by atoms with van der Waals surface area (Å²) in [4.78, 5) is 32.3. The molecule has 2 N–H and O–H groups in total. The van der Waals surface area contributed by atoms with E-state index in [1.54, 1.807) is 10.3 Å². The maximum Gasteiger partial charge on any atom is 0.322 e. The normalized spacial score (nSPS) is 11.2. The molecule has 0 saturated carbocycles. The number of nitrogens with zero attached hydrogens (tertiary/aromatic N) is 2. The molecule has 208 valence electrons. The van der Waals surface area contributed by atoms with Crippen molar-refractivity contribution in [1.29, 1.82) is 0 Å². The molecule has 0 fully saturated rings.